The predicted molar refractivity (Wildman–Crippen MR) is 91.6 cm³/mol. The lowest BCUT2D eigenvalue weighted by atomic mass is 9.79. The lowest BCUT2D eigenvalue weighted by molar-refractivity contribution is -0.210. The number of hydroxylamine groups is 2. The Morgan fingerprint density at radius 2 is 2.12 bits per heavy atom. The molecule has 0 unspecified atom stereocenters. The molecule has 0 aliphatic carbocycles. The fraction of sp³-hybridized carbons (Fsp3) is 0.737. The number of ether oxygens (including phenoxy) is 1. The smallest absolute Gasteiger partial charge is 0.249 e. The summed E-state index contributed by atoms with van der Waals surface area (Å²) >= 11 is 0. The summed E-state index contributed by atoms with van der Waals surface area (Å²) in [6, 6.07) is 4.05. The van der Waals surface area contributed by atoms with Crippen molar-refractivity contribution in [2.45, 2.75) is 45.3 Å². The van der Waals surface area contributed by atoms with Crippen molar-refractivity contribution >= 4 is 5.91 Å². The van der Waals surface area contributed by atoms with Gasteiger partial charge in [-0.2, -0.15) is 0 Å². The highest BCUT2D eigenvalue weighted by Gasteiger charge is 2.43. The highest BCUT2D eigenvalue weighted by Crippen LogP contribution is 2.35. The van der Waals surface area contributed by atoms with E-state index in [1.807, 2.05) is 19.1 Å². The summed E-state index contributed by atoms with van der Waals surface area (Å²) in [5, 5.41) is 1.62. The van der Waals surface area contributed by atoms with Crippen molar-refractivity contribution in [3.8, 4) is 0 Å². The summed E-state index contributed by atoms with van der Waals surface area (Å²) < 4.78 is 11.7. The number of amides is 1. The van der Waals surface area contributed by atoms with Crippen LogP contribution in [0, 0.1) is 18.8 Å². The SMILES string of the molecule is Cc1ccc(CN2CC[C@@H]3OCC[C@H](C(=O)N4CCCCO4)[C@H]3C2)o1. The van der Waals surface area contributed by atoms with E-state index in [-0.39, 0.29) is 23.8 Å². The van der Waals surface area contributed by atoms with Crippen molar-refractivity contribution in [2.24, 2.45) is 11.8 Å². The van der Waals surface area contributed by atoms with Gasteiger partial charge in [0.25, 0.3) is 0 Å². The van der Waals surface area contributed by atoms with Crippen molar-refractivity contribution in [1.29, 1.82) is 0 Å². The maximum absolute atomic E-state index is 13.0. The zero-order chi connectivity index (χ0) is 17.2. The highest BCUT2D eigenvalue weighted by molar-refractivity contribution is 5.78. The Hall–Kier alpha value is -1.37. The summed E-state index contributed by atoms with van der Waals surface area (Å²) in [4.78, 5) is 21.0. The second-order valence-corrected chi connectivity index (χ2v) is 7.49. The lowest BCUT2D eigenvalue weighted by Gasteiger charge is -2.45. The molecule has 6 heteroatoms. The number of nitrogens with zero attached hydrogens (tertiary/aromatic N) is 2. The van der Waals surface area contributed by atoms with Crippen LogP contribution < -0.4 is 0 Å². The van der Waals surface area contributed by atoms with Gasteiger partial charge in [-0.05, 0) is 44.7 Å². The van der Waals surface area contributed by atoms with Gasteiger partial charge in [0, 0.05) is 38.1 Å². The molecule has 0 saturated carbocycles. The number of hydrogen-bond donors (Lipinski definition) is 0. The molecule has 138 valence electrons. The standard InChI is InChI=1S/C19H28N2O4/c1-14-4-5-15(25-14)12-20-9-6-18-17(13-20)16(7-11-23-18)19(22)21-8-2-3-10-24-21/h4-5,16-18H,2-3,6-13H2,1H3/t16-,17+,18-/m0/s1. The molecule has 25 heavy (non-hydrogen) atoms. The number of carbonyl (C=O) groups is 1. The quantitative estimate of drug-likeness (QED) is 0.839. The van der Waals surface area contributed by atoms with Crippen molar-refractivity contribution in [3.05, 3.63) is 23.7 Å². The van der Waals surface area contributed by atoms with Crippen molar-refractivity contribution in [2.75, 3.05) is 32.8 Å². The minimum absolute atomic E-state index is 0.0120. The molecule has 1 aromatic heterocycles. The van der Waals surface area contributed by atoms with Crippen molar-refractivity contribution < 1.29 is 18.8 Å². The number of rotatable bonds is 3. The van der Waals surface area contributed by atoms with Crippen LogP contribution in [0.1, 0.15) is 37.2 Å². The third-order valence-corrected chi connectivity index (χ3v) is 5.70. The Morgan fingerprint density at radius 3 is 2.88 bits per heavy atom. The average Bonchev–Trinajstić information content (AvgIpc) is 3.06. The minimum Gasteiger partial charge on any atom is -0.465 e. The number of hydrogen-bond acceptors (Lipinski definition) is 5. The van der Waals surface area contributed by atoms with E-state index in [9.17, 15) is 4.79 Å². The largest absolute Gasteiger partial charge is 0.465 e. The summed E-state index contributed by atoms with van der Waals surface area (Å²) in [6.07, 6.45) is 4.05. The monoisotopic (exact) mass is 348 g/mol. The first-order valence-corrected chi connectivity index (χ1v) is 9.54. The van der Waals surface area contributed by atoms with E-state index in [0.717, 1.165) is 63.4 Å². The Kier molecular flexibility index (Phi) is 5.10. The Morgan fingerprint density at radius 1 is 1.20 bits per heavy atom. The maximum atomic E-state index is 13.0. The Labute approximate surface area is 149 Å². The van der Waals surface area contributed by atoms with E-state index < -0.39 is 0 Å². The second-order valence-electron chi connectivity index (χ2n) is 7.49. The molecule has 6 nitrogen and oxygen atoms in total. The summed E-state index contributed by atoms with van der Waals surface area (Å²) in [5.74, 6) is 2.36. The summed E-state index contributed by atoms with van der Waals surface area (Å²) in [6.45, 7) is 6.71. The van der Waals surface area contributed by atoms with Crippen molar-refractivity contribution in [1.82, 2.24) is 9.96 Å². The maximum Gasteiger partial charge on any atom is 0.249 e. The van der Waals surface area contributed by atoms with E-state index in [2.05, 4.69) is 4.90 Å². The lowest BCUT2D eigenvalue weighted by Crippen LogP contribution is -2.54. The molecule has 3 aliphatic rings. The number of aryl methyl sites for hydroxylation is 1. The molecule has 1 amide bonds. The first kappa shape index (κ1) is 17.1. The molecular formula is C19H28N2O4. The van der Waals surface area contributed by atoms with Crippen molar-refractivity contribution in [3.63, 3.8) is 0 Å². The number of likely N-dealkylation sites (tertiary alicyclic amines) is 1. The van der Waals surface area contributed by atoms with E-state index in [4.69, 9.17) is 14.0 Å². The number of fused-ring (bicyclic) bond motifs is 1. The molecule has 0 spiro atoms. The van der Waals surface area contributed by atoms with Gasteiger partial charge >= 0.3 is 0 Å². The van der Waals surface area contributed by atoms with Gasteiger partial charge < -0.3 is 9.15 Å². The number of furan rings is 1. The van der Waals surface area contributed by atoms with Gasteiger partial charge in [-0.1, -0.05) is 0 Å². The van der Waals surface area contributed by atoms with Gasteiger partial charge in [-0.15, -0.1) is 0 Å². The normalized spacial score (nSPS) is 30.9. The first-order valence-electron chi connectivity index (χ1n) is 9.54. The molecule has 3 saturated heterocycles. The van der Waals surface area contributed by atoms with Gasteiger partial charge in [0.15, 0.2) is 0 Å². The Bertz CT molecular complexity index is 596. The Balaban J connectivity index is 1.43. The van der Waals surface area contributed by atoms with Crippen LogP contribution in [0.3, 0.4) is 0 Å². The fourth-order valence-electron chi connectivity index (χ4n) is 4.38. The zero-order valence-corrected chi connectivity index (χ0v) is 15.0. The van der Waals surface area contributed by atoms with E-state index in [0.29, 0.717) is 13.2 Å². The zero-order valence-electron chi connectivity index (χ0n) is 15.0. The highest BCUT2D eigenvalue weighted by atomic mass is 16.7. The van der Waals surface area contributed by atoms with E-state index >= 15 is 0 Å². The first-order chi connectivity index (χ1) is 12.2. The van der Waals surface area contributed by atoms with Crippen LogP contribution in [-0.4, -0.2) is 54.8 Å². The van der Waals surface area contributed by atoms with E-state index in [1.54, 1.807) is 5.06 Å². The van der Waals surface area contributed by atoms with Crippen LogP contribution >= 0.6 is 0 Å². The molecule has 4 heterocycles. The minimum atomic E-state index is 0.0120. The van der Waals surface area contributed by atoms with Gasteiger partial charge in [0.05, 0.1) is 19.3 Å². The third-order valence-electron chi connectivity index (χ3n) is 5.70. The predicted octanol–water partition coefficient (Wildman–Crippen LogP) is 2.37. The molecule has 0 radical (unpaired) electrons. The molecule has 3 fully saturated rings. The molecule has 0 N–H and O–H groups in total. The summed E-state index contributed by atoms with van der Waals surface area (Å²) in [5.41, 5.74) is 0. The third kappa shape index (κ3) is 3.76. The van der Waals surface area contributed by atoms with Gasteiger partial charge in [-0.25, -0.2) is 5.06 Å². The molecule has 3 atom stereocenters. The van der Waals surface area contributed by atoms with Gasteiger partial charge in [0.2, 0.25) is 5.91 Å². The summed E-state index contributed by atoms with van der Waals surface area (Å²) in [7, 11) is 0. The number of piperidine rings is 1. The van der Waals surface area contributed by atoms with Gasteiger partial charge in [0.1, 0.15) is 11.5 Å². The topological polar surface area (TPSA) is 55.2 Å². The van der Waals surface area contributed by atoms with Crippen LogP contribution in [0.4, 0.5) is 0 Å². The van der Waals surface area contributed by atoms with Crippen LogP contribution in [0.15, 0.2) is 16.5 Å². The molecule has 3 aliphatic heterocycles. The second kappa shape index (κ2) is 7.48. The fourth-order valence-corrected chi connectivity index (χ4v) is 4.38. The van der Waals surface area contributed by atoms with Crippen LogP contribution in [0.5, 0.6) is 0 Å². The van der Waals surface area contributed by atoms with Gasteiger partial charge in [-0.3, -0.25) is 14.5 Å². The average molecular weight is 348 g/mol. The molecule has 1 aromatic rings. The molecule has 0 bridgehead atoms. The molecular weight excluding hydrogens is 320 g/mol. The molecule has 0 aromatic carbocycles. The van der Waals surface area contributed by atoms with Crippen LogP contribution in [-0.2, 0) is 20.9 Å². The van der Waals surface area contributed by atoms with Crippen LogP contribution in [0.2, 0.25) is 0 Å². The van der Waals surface area contributed by atoms with Crippen LogP contribution in [0.25, 0.3) is 0 Å². The van der Waals surface area contributed by atoms with E-state index in [1.165, 1.54) is 0 Å². The molecule has 4 rings (SSSR count). The number of carbonyl (C=O) groups excluding carboxylic acids is 1.